The molecule has 4 heteroatoms. The van der Waals surface area contributed by atoms with E-state index >= 15 is 0 Å². The molecule has 0 aliphatic carbocycles. The molecule has 0 heterocycles. The van der Waals surface area contributed by atoms with E-state index in [4.69, 9.17) is 19.3 Å². The molecular weight excluding hydrogens is 220 g/mol. The molecule has 0 saturated carbocycles. The molecule has 0 aliphatic heterocycles. The van der Waals surface area contributed by atoms with E-state index in [9.17, 15) is 0 Å². The maximum atomic E-state index is 8.89. The van der Waals surface area contributed by atoms with Crippen LogP contribution in [-0.2, 0) is 27.4 Å². The summed E-state index contributed by atoms with van der Waals surface area (Å²) in [5, 5.41) is 8.89. The van der Waals surface area contributed by atoms with Crippen LogP contribution in [0.3, 0.4) is 0 Å². The van der Waals surface area contributed by atoms with E-state index in [0.29, 0.717) is 33.0 Å². The van der Waals surface area contributed by atoms with Crippen LogP contribution >= 0.6 is 0 Å². The van der Waals surface area contributed by atoms with Crippen molar-refractivity contribution >= 4 is 0 Å². The maximum absolute atomic E-state index is 8.89. The molecule has 1 aromatic carbocycles. The molecule has 4 nitrogen and oxygen atoms in total. The number of ether oxygens (including phenoxy) is 3. The summed E-state index contributed by atoms with van der Waals surface area (Å²) >= 11 is 0. The van der Waals surface area contributed by atoms with Gasteiger partial charge in [-0.2, -0.15) is 0 Å². The summed E-state index contributed by atoms with van der Waals surface area (Å²) < 4.78 is 15.6. The van der Waals surface area contributed by atoms with Gasteiger partial charge in [0.1, 0.15) is 0 Å². The monoisotopic (exact) mass is 240 g/mol. The van der Waals surface area contributed by atoms with E-state index in [2.05, 4.69) is 0 Å². The number of hydrogen-bond donors (Lipinski definition) is 1. The van der Waals surface area contributed by atoms with Gasteiger partial charge in [-0.3, -0.25) is 0 Å². The first kappa shape index (κ1) is 14.1. The number of rotatable bonds is 9. The van der Waals surface area contributed by atoms with Crippen molar-refractivity contribution in [2.24, 2.45) is 0 Å². The van der Waals surface area contributed by atoms with E-state index in [0.717, 1.165) is 11.1 Å². The molecule has 1 aromatic rings. The second kappa shape index (κ2) is 9.13. The van der Waals surface area contributed by atoms with Crippen molar-refractivity contribution in [3.63, 3.8) is 0 Å². The number of benzene rings is 1. The highest BCUT2D eigenvalue weighted by molar-refractivity contribution is 5.21. The molecular formula is C13H20O4. The minimum Gasteiger partial charge on any atom is -0.392 e. The molecule has 0 bridgehead atoms. The molecule has 1 N–H and O–H groups in total. The lowest BCUT2D eigenvalue weighted by atomic mass is 10.1. The highest BCUT2D eigenvalue weighted by Gasteiger charge is 1.95. The second-order valence-electron chi connectivity index (χ2n) is 3.63. The summed E-state index contributed by atoms with van der Waals surface area (Å²) in [7, 11) is 1.65. The normalized spacial score (nSPS) is 10.7. The first-order chi connectivity index (χ1) is 8.36. The van der Waals surface area contributed by atoms with Gasteiger partial charge in [-0.15, -0.1) is 0 Å². The Morgan fingerprint density at radius 1 is 0.882 bits per heavy atom. The quantitative estimate of drug-likeness (QED) is 0.662. The molecule has 0 saturated heterocycles. The van der Waals surface area contributed by atoms with E-state index < -0.39 is 0 Å². The van der Waals surface area contributed by atoms with E-state index in [1.807, 2.05) is 24.3 Å². The Labute approximate surface area is 102 Å². The van der Waals surface area contributed by atoms with Crippen LogP contribution in [0.1, 0.15) is 11.1 Å². The lowest BCUT2D eigenvalue weighted by Crippen LogP contribution is -2.08. The SMILES string of the molecule is COCCOCCOCc1ccc(CO)cc1. The third-order valence-electron chi connectivity index (χ3n) is 2.28. The second-order valence-corrected chi connectivity index (χ2v) is 3.63. The van der Waals surface area contributed by atoms with Crippen molar-refractivity contribution in [2.45, 2.75) is 13.2 Å². The molecule has 0 aliphatic rings. The van der Waals surface area contributed by atoms with E-state index in [-0.39, 0.29) is 6.61 Å². The summed E-state index contributed by atoms with van der Waals surface area (Å²) in [5.74, 6) is 0. The average Bonchev–Trinajstić information content (AvgIpc) is 2.38. The standard InChI is InChI=1S/C13H20O4/c1-15-6-7-16-8-9-17-11-13-4-2-12(10-14)3-5-13/h2-5,14H,6-11H2,1H3. The largest absolute Gasteiger partial charge is 0.392 e. The molecule has 0 aromatic heterocycles. The van der Waals surface area contributed by atoms with Gasteiger partial charge in [-0.25, -0.2) is 0 Å². The minimum atomic E-state index is 0.0779. The lowest BCUT2D eigenvalue weighted by molar-refractivity contribution is 0.0199. The summed E-state index contributed by atoms with van der Waals surface area (Å²) in [4.78, 5) is 0. The fourth-order valence-electron chi connectivity index (χ4n) is 1.29. The third kappa shape index (κ3) is 6.38. The van der Waals surface area contributed by atoms with Crippen LogP contribution in [0.15, 0.2) is 24.3 Å². The average molecular weight is 240 g/mol. The van der Waals surface area contributed by atoms with Crippen LogP contribution in [0, 0.1) is 0 Å². The summed E-state index contributed by atoms with van der Waals surface area (Å²) in [6, 6.07) is 7.70. The summed E-state index contributed by atoms with van der Waals surface area (Å²) in [6.07, 6.45) is 0. The van der Waals surface area contributed by atoms with Crippen LogP contribution in [0.2, 0.25) is 0 Å². The van der Waals surface area contributed by atoms with Crippen LogP contribution in [-0.4, -0.2) is 38.6 Å². The fraction of sp³-hybridized carbons (Fsp3) is 0.538. The fourth-order valence-corrected chi connectivity index (χ4v) is 1.29. The van der Waals surface area contributed by atoms with Crippen LogP contribution in [0.5, 0.6) is 0 Å². The Balaban J connectivity index is 2.05. The third-order valence-corrected chi connectivity index (χ3v) is 2.28. The van der Waals surface area contributed by atoms with Crippen LogP contribution < -0.4 is 0 Å². The molecule has 1 rings (SSSR count). The minimum absolute atomic E-state index is 0.0779. The Bertz CT molecular complexity index is 284. The zero-order valence-electron chi connectivity index (χ0n) is 10.2. The molecule has 96 valence electrons. The molecule has 0 atom stereocenters. The van der Waals surface area contributed by atoms with Gasteiger partial charge in [-0.1, -0.05) is 24.3 Å². The highest BCUT2D eigenvalue weighted by Crippen LogP contribution is 2.05. The number of hydrogen-bond acceptors (Lipinski definition) is 4. The molecule has 0 unspecified atom stereocenters. The molecule has 17 heavy (non-hydrogen) atoms. The van der Waals surface area contributed by atoms with Gasteiger partial charge in [0.05, 0.1) is 39.6 Å². The van der Waals surface area contributed by atoms with Crippen molar-refractivity contribution in [3.05, 3.63) is 35.4 Å². The lowest BCUT2D eigenvalue weighted by Gasteiger charge is -2.06. The van der Waals surface area contributed by atoms with Gasteiger partial charge in [0.2, 0.25) is 0 Å². The Morgan fingerprint density at radius 3 is 2.12 bits per heavy atom. The highest BCUT2D eigenvalue weighted by atomic mass is 16.5. The van der Waals surface area contributed by atoms with Crippen molar-refractivity contribution < 1.29 is 19.3 Å². The van der Waals surface area contributed by atoms with Gasteiger partial charge in [0.25, 0.3) is 0 Å². The zero-order chi connectivity index (χ0) is 12.3. The first-order valence-electron chi connectivity index (χ1n) is 5.70. The molecule has 0 radical (unpaired) electrons. The molecule has 0 fully saturated rings. The van der Waals surface area contributed by atoms with E-state index in [1.54, 1.807) is 7.11 Å². The summed E-state index contributed by atoms with van der Waals surface area (Å²) in [5.41, 5.74) is 2.01. The van der Waals surface area contributed by atoms with Gasteiger partial charge in [-0.05, 0) is 11.1 Å². The predicted molar refractivity (Wildman–Crippen MR) is 64.7 cm³/mol. The van der Waals surface area contributed by atoms with Crippen LogP contribution in [0.4, 0.5) is 0 Å². The van der Waals surface area contributed by atoms with Crippen molar-refractivity contribution in [2.75, 3.05) is 33.5 Å². The van der Waals surface area contributed by atoms with Crippen molar-refractivity contribution in [3.8, 4) is 0 Å². The number of aliphatic hydroxyl groups is 1. The van der Waals surface area contributed by atoms with Crippen molar-refractivity contribution in [1.82, 2.24) is 0 Å². The molecule has 0 amide bonds. The van der Waals surface area contributed by atoms with Crippen LogP contribution in [0.25, 0.3) is 0 Å². The van der Waals surface area contributed by atoms with E-state index in [1.165, 1.54) is 0 Å². The van der Waals surface area contributed by atoms with Gasteiger partial charge in [0.15, 0.2) is 0 Å². The smallest absolute Gasteiger partial charge is 0.0718 e. The number of methoxy groups -OCH3 is 1. The van der Waals surface area contributed by atoms with Gasteiger partial charge >= 0.3 is 0 Å². The predicted octanol–water partition coefficient (Wildman–Crippen LogP) is 1.36. The summed E-state index contributed by atoms with van der Waals surface area (Å²) in [6.45, 7) is 3.02. The van der Waals surface area contributed by atoms with Gasteiger partial charge < -0.3 is 19.3 Å². The molecule has 0 spiro atoms. The van der Waals surface area contributed by atoms with Gasteiger partial charge in [0, 0.05) is 7.11 Å². The first-order valence-corrected chi connectivity index (χ1v) is 5.70. The maximum Gasteiger partial charge on any atom is 0.0718 e. The van der Waals surface area contributed by atoms with Crippen molar-refractivity contribution in [1.29, 1.82) is 0 Å². The topological polar surface area (TPSA) is 47.9 Å². The zero-order valence-corrected chi connectivity index (χ0v) is 10.2. The Morgan fingerprint density at radius 2 is 1.47 bits per heavy atom. The Hall–Kier alpha value is -0.940. The number of aliphatic hydroxyl groups excluding tert-OH is 1. The Kier molecular flexibility index (Phi) is 7.58.